The second-order valence-electron chi connectivity index (χ2n) is 3.94. The van der Waals surface area contributed by atoms with Gasteiger partial charge in [-0.3, -0.25) is 9.78 Å². The molecule has 0 aliphatic carbocycles. The highest BCUT2D eigenvalue weighted by molar-refractivity contribution is 6.08. The molecule has 0 fully saturated rings. The Labute approximate surface area is 106 Å². The maximum Gasteiger partial charge on any atom is 0.257 e. The van der Waals surface area contributed by atoms with Gasteiger partial charge >= 0.3 is 0 Å². The minimum absolute atomic E-state index is 0.143. The van der Waals surface area contributed by atoms with E-state index in [0.717, 1.165) is 11.3 Å². The maximum atomic E-state index is 12.2. The normalized spacial score (nSPS) is 9.89. The van der Waals surface area contributed by atoms with Gasteiger partial charge in [-0.2, -0.15) is 0 Å². The molecule has 0 bridgehead atoms. The number of amides is 1. The van der Waals surface area contributed by atoms with E-state index in [4.69, 9.17) is 0 Å². The first-order chi connectivity index (χ1) is 8.72. The number of aromatic nitrogens is 1. The van der Waals surface area contributed by atoms with Gasteiger partial charge in [-0.25, -0.2) is 0 Å². The molecule has 18 heavy (non-hydrogen) atoms. The number of aryl methyl sites for hydroxylation is 1. The smallest absolute Gasteiger partial charge is 0.257 e. The van der Waals surface area contributed by atoms with Gasteiger partial charge in [-0.1, -0.05) is 18.2 Å². The molecule has 0 aliphatic heterocycles. The molecule has 0 atom stereocenters. The number of nitrogens with one attached hydrogen (secondary N) is 2. The molecule has 4 heteroatoms. The molecular formula is C14H15N3O. The Hall–Kier alpha value is -2.36. The lowest BCUT2D eigenvalue weighted by Gasteiger charge is -2.10. The zero-order valence-corrected chi connectivity index (χ0v) is 10.4. The summed E-state index contributed by atoms with van der Waals surface area (Å²) in [5.41, 5.74) is 3.15. The fourth-order valence-electron chi connectivity index (χ4n) is 1.69. The second kappa shape index (κ2) is 5.31. The lowest BCUT2D eigenvalue weighted by Crippen LogP contribution is -2.14. The highest BCUT2D eigenvalue weighted by Crippen LogP contribution is 2.17. The van der Waals surface area contributed by atoms with E-state index >= 15 is 0 Å². The summed E-state index contributed by atoms with van der Waals surface area (Å²) < 4.78 is 0. The van der Waals surface area contributed by atoms with Crippen molar-refractivity contribution in [2.24, 2.45) is 0 Å². The van der Waals surface area contributed by atoms with Gasteiger partial charge < -0.3 is 10.6 Å². The average Bonchev–Trinajstić information content (AvgIpc) is 2.41. The van der Waals surface area contributed by atoms with E-state index in [9.17, 15) is 4.79 Å². The molecule has 2 rings (SSSR count). The Morgan fingerprint density at radius 3 is 2.67 bits per heavy atom. The van der Waals surface area contributed by atoms with E-state index in [1.54, 1.807) is 25.5 Å². The lowest BCUT2D eigenvalue weighted by atomic mass is 10.1. The molecule has 0 unspecified atom stereocenters. The van der Waals surface area contributed by atoms with Crippen molar-refractivity contribution in [2.75, 3.05) is 17.7 Å². The van der Waals surface area contributed by atoms with Crippen LogP contribution in [-0.4, -0.2) is 17.9 Å². The zero-order valence-electron chi connectivity index (χ0n) is 10.4. The summed E-state index contributed by atoms with van der Waals surface area (Å²) in [4.78, 5) is 16.1. The number of nitrogens with zero attached hydrogens (tertiary/aromatic N) is 1. The van der Waals surface area contributed by atoms with Crippen LogP contribution in [0.15, 0.2) is 42.7 Å². The van der Waals surface area contributed by atoms with Gasteiger partial charge in [0.05, 0.1) is 17.4 Å². The van der Waals surface area contributed by atoms with Gasteiger partial charge in [0, 0.05) is 18.9 Å². The van der Waals surface area contributed by atoms with Crippen LogP contribution in [0.1, 0.15) is 15.9 Å². The quantitative estimate of drug-likeness (QED) is 0.868. The van der Waals surface area contributed by atoms with Crippen LogP contribution < -0.4 is 10.6 Å². The van der Waals surface area contributed by atoms with E-state index in [0.29, 0.717) is 11.3 Å². The Morgan fingerprint density at radius 1 is 1.17 bits per heavy atom. The molecule has 0 spiro atoms. The number of carbonyl (C=O) groups is 1. The molecule has 0 saturated carbocycles. The average molecular weight is 241 g/mol. The first-order valence-corrected chi connectivity index (χ1v) is 5.71. The fourth-order valence-corrected chi connectivity index (χ4v) is 1.69. The summed E-state index contributed by atoms with van der Waals surface area (Å²) in [5, 5.41) is 5.85. The molecule has 2 N–H and O–H groups in total. The Bertz CT molecular complexity index is 566. The minimum atomic E-state index is -0.143. The summed E-state index contributed by atoms with van der Waals surface area (Å²) >= 11 is 0. The first kappa shape index (κ1) is 12.1. The highest BCUT2D eigenvalue weighted by atomic mass is 16.1. The van der Waals surface area contributed by atoms with Crippen molar-refractivity contribution in [3.05, 3.63) is 53.9 Å². The number of hydrogen-bond acceptors (Lipinski definition) is 3. The van der Waals surface area contributed by atoms with E-state index < -0.39 is 0 Å². The second-order valence-corrected chi connectivity index (χ2v) is 3.94. The minimum Gasteiger partial charge on any atom is -0.386 e. The molecule has 2 aromatic rings. The number of pyridine rings is 1. The zero-order chi connectivity index (χ0) is 13.0. The van der Waals surface area contributed by atoms with Crippen LogP contribution in [-0.2, 0) is 0 Å². The van der Waals surface area contributed by atoms with Crippen molar-refractivity contribution in [3.63, 3.8) is 0 Å². The molecule has 4 nitrogen and oxygen atoms in total. The standard InChI is InChI=1S/C14H15N3O/c1-10-5-3-4-6-12(10)17-14(18)11-7-8-16-9-13(11)15-2/h3-9,15H,1-2H3,(H,17,18). The monoisotopic (exact) mass is 241 g/mol. The molecular weight excluding hydrogens is 226 g/mol. The number of carbonyl (C=O) groups excluding carboxylic acids is 1. The fraction of sp³-hybridized carbons (Fsp3) is 0.143. The van der Waals surface area contributed by atoms with Gasteiger partial charge in [0.25, 0.3) is 5.91 Å². The van der Waals surface area contributed by atoms with Gasteiger partial charge in [-0.05, 0) is 24.6 Å². The van der Waals surface area contributed by atoms with Crippen LogP contribution in [0.5, 0.6) is 0 Å². The highest BCUT2D eigenvalue weighted by Gasteiger charge is 2.11. The largest absolute Gasteiger partial charge is 0.386 e. The van der Waals surface area contributed by atoms with Crippen LogP contribution in [0.3, 0.4) is 0 Å². The van der Waals surface area contributed by atoms with Crippen LogP contribution in [0.25, 0.3) is 0 Å². The Balaban J connectivity index is 2.25. The van der Waals surface area contributed by atoms with E-state index in [1.807, 2.05) is 31.2 Å². The van der Waals surface area contributed by atoms with E-state index in [2.05, 4.69) is 15.6 Å². The molecule has 92 valence electrons. The van der Waals surface area contributed by atoms with Gasteiger partial charge in [0.1, 0.15) is 0 Å². The number of hydrogen-bond donors (Lipinski definition) is 2. The van der Waals surface area contributed by atoms with Crippen molar-refractivity contribution in [1.29, 1.82) is 0 Å². The third-order valence-corrected chi connectivity index (χ3v) is 2.73. The molecule has 0 radical (unpaired) electrons. The molecule has 1 aromatic heterocycles. The summed E-state index contributed by atoms with van der Waals surface area (Å²) in [7, 11) is 1.77. The third-order valence-electron chi connectivity index (χ3n) is 2.73. The summed E-state index contributed by atoms with van der Waals surface area (Å²) in [6.07, 6.45) is 3.24. The lowest BCUT2D eigenvalue weighted by molar-refractivity contribution is 0.102. The molecule has 0 aliphatic rings. The summed E-state index contributed by atoms with van der Waals surface area (Å²) in [6.45, 7) is 1.96. The van der Waals surface area contributed by atoms with Crippen LogP contribution in [0.2, 0.25) is 0 Å². The summed E-state index contributed by atoms with van der Waals surface area (Å²) in [5.74, 6) is -0.143. The van der Waals surface area contributed by atoms with Gasteiger partial charge in [0.2, 0.25) is 0 Å². The van der Waals surface area contributed by atoms with E-state index in [1.165, 1.54) is 0 Å². The summed E-state index contributed by atoms with van der Waals surface area (Å²) in [6, 6.07) is 9.37. The number of rotatable bonds is 3. The molecule has 1 heterocycles. The third kappa shape index (κ3) is 2.48. The van der Waals surface area contributed by atoms with E-state index in [-0.39, 0.29) is 5.91 Å². The number of para-hydroxylation sites is 1. The Kier molecular flexibility index (Phi) is 3.57. The first-order valence-electron chi connectivity index (χ1n) is 5.71. The van der Waals surface area contributed by atoms with Crippen LogP contribution in [0.4, 0.5) is 11.4 Å². The number of anilines is 2. The Morgan fingerprint density at radius 2 is 1.94 bits per heavy atom. The maximum absolute atomic E-state index is 12.2. The van der Waals surface area contributed by atoms with Crippen molar-refractivity contribution < 1.29 is 4.79 Å². The van der Waals surface area contributed by atoms with Crippen LogP contribution >= 0.6 is 0 Å². The van der Waals surface area contributed by atoms with Crippen molar-refractivity contribution in [3.8, 4) is 0 Å². The number of benzene rings is 1. The van der Waals surface area contributed by atoms with Crippen molar-refractivity contribution in [2.45, 2.75) is 6.92 Å². The topological polar surface area (TPSA) is 54.0 Å². The molecule has 0 saturated heterocycles. The van der Waals surface area contributed by atoms with Crippen molar-refractivity contribution >= 4 is 17.3 Å². The SMILES string of the molecule is CNc1cnccc1C(=O)Nc1ccccc1C. The predicted octanol–water partition coefficient (Wildman–Crippen LogP) is 2.68. The molecule has 1 aromatic carbocycles. The molecule has 1 amide bonds. The van der Waals surface area contributed by atoms with Gasteiger partial charge in [0.15, 0.2) is 0 Å². The van der Waals surface area contributed by atoms with Crippen LogP contribution in [0, 0.1) is 6.92 Å². The van der Waals surface area contributed by atoms with Gasteiger partial charge in [-0.15, -0.1) is 0 Å². The predicted molar refractivity (Wildman–Crippen MR) is 72.9 cm³/mol. The van der Waals surface area contributed by atoms with Crippen molar-refractivity contribution in [1.82, 2.24) is 4.98 Å².